The van der Waals surface area contributed by atoms with Gasteiger partial charge >= 0.3 is 0 Å². The Morgan fingerprint density at radius 2 is 1.77 bits per heavy atom. The van der Waals surface area contributed by atoms with Gasteiger partial charge in [-0.05, 0) is 68.7 Å². The second-order valence-electron chi connectivity index (χ2n) is 7.66. The van der Waals surface area contributed by atoms with E-state index in [0.717, 1.165) is 19.3 Å². The maximum atomic E-state index is 13.0. The number of ether oxygens (including phenoxy) is 1. The number of nitrogens with one attached hydrogen (secondary N) is 1. The number of benzene rings is 2. The monoisotopic (exact) mass is 446 g/mol. The fourth-order valence-electron chi connectivity index (χ4n) is 3.30. The maximum absolute atomic E-state index is 13.0. The van der Waals surface area contributed by atoms with E-state index < -0.39 is 15.9 Å². The number of hydrogen-bond donors (Lipinski definition) is 1. The fourth-order valence-corrected chi connectivity index (χ4v) is 4.84. The molecule has 1 N–H and O–H groups in total. The molecule has 3 rings (SSSR count). The average Bonchev–Trinajstić information content (AvgIpc) is 2.75. The molecule has 2 aromatic rings. The normalized spacial score (nSPS) is 15.4. The zero-order valence-electron chi connectivity index (χ0n) is 17.7. The number of carbonyl (C=O) groups excluding carboxylic acids is 1. The lowest BCUT2D eigenvalue weighted by atomic mass is 10.2. The summed E-state index contributed by atoms with van der Waals surface area (Å²) < 4.78 is 46.3. The molecule has 1 amide bonds. The van der Waals surface area contributed by atoms with E-state index in [1.807, 2.05) is 13.8 Å². The Morgan fingerprint density at radius 3 is 2.42 bits per heavy atom. The summed E-state index contributed by atoms with van der Waals surface area (Å²) >= 11 is 0. The van der Waals surface area contributed by atoms with E-state index >= 15 is 0 Å². The van der Waals surface area contributed by atoms with Crippen LogP contribution in [0.4, 0.5) is 10.1 Å². The minimum absolute atomic E-state index is 0.114. The summed E-state index contributed by atoms with van der Waals surface area (Å²) in [4.78, 5) is 12.6. The molecule has 1 fully saturated rings. The third-order valence-electron chi connectivity index (χ3n) is 4.82. The Bertz CT molecular complexity index is 1040. The fraction of sp³-hybridized carbons (Fsp3) is 0.348. The Labute approximate surface area is 182 Å². The van der Waals surface area contributed by atoms with E-state index in [1.165, 1.54) is 34.6 Å². The molecule has 1 aliphatic rings. The first-order valence-corrected chi connectivity index (χ1v) is 11.8. The Balaban J connectivity index is 1.84. The van der Waals surface area contributed by atoms with Crippen LogP contribution in [-0.2, 0) is 14.8 Å². The predicted octanol–water partition coefficient (Wildman–Crippen LogP) is 4.44. The first-order valence-electron chi connectivity index (χ1n) is 10.3. The van der Waals surface area contributed by atoms with Crippen molar-refractivity contribution in [1.29, 1.82) is 0 Å². The van der Waals surface area contributed by atoms with Crippen molar-refractivity contribution in [3.63, 3.8) is 0 Å². The first kappa shape index (κ1) is 23.0. The second-order valence-corrected chi connectivity index (χ2v) is 9.60. The third kappa shape index (κ3) is 6.15. The summed E-state index contributed by atoms with van der Waals surface area (Å²) in [6.07, 6.45) is 5.39. The minimum Gasteiger partial charge on any atom is -0.489 e. The van der Waals surface area contributed by atoms with Gasteiger partial charge in [0.2, 0.25) is 15.9 Å². The lowest BCUT2D eigenvalue weighted by Gasteiger charge is -2.26. The van der Waals surface area contributed by atoms with Crippen molar-refractivity contribution in [2.45, 2.75) is 44.1 Å². The first-order chi connectivity index (χ1) is 14.8. The summed E-state index contributed by atoms with van der Waals surface area (Å²) in [5.41, 5.74) is 0.942. The van der Waals surface area contributed by atoms with Gasteiger partial charge in [-0.3, -0.25) is 4.79 Å². The van der Waals surface area contributed by atoms with E-state index in [1.54, 1.807) is 24.3 Å². The van der Waals surface area contributed by atoms with E-state index in [9.17, 15) is 17.6 Å². The lowest BCUT2D eigenvalue weighted by Crippen LogP contribution is -2.35. The molecule has 0 bridgehead atoms. The molecule has 0 atom stereocenters. The van der Waals surface area contributed by atoms with Crippen LogP contribution in [-0.4, -0.2) is 37.8 Å². The molecule has 166 valence electrons. The number of anilines is 1. The number of sulfonamides is 1. The number of nitrogens with zero attached hydrogens (tertiary/aromatic N) is 1. The smallest absolute Gasteiger partial charge is 0.248 e. The molecule has 0 saturated carbocycles. The molecule has 1 saturated heterocycles. The van der Waals surface area contributed by atoms with Crippen LogP contribution >= 0.6 is 0 Å². The number of hydrogen-bond acceptors (Lipinski definition) is 4. The third-order valence-corrected chi connectivity index (χ3v) is 6.72. The van der Waals surface area contributed by atoms with Gasteiger partial charge in [0.05, 0.1) is 16.7 Å². The van der Waals surface area contributed by atoms with Gasteiger partial charge in [-0.25, -0.2) is 12.8 Å². The van der Waals surface area contributed by atoms with Crippen molar-refractivity contribution < 1.29 is 22.3 Å². The van der Waals surface area contributed by atoms with Crippen molar-refractivity contribution in [3.8, 4) is 5.75 Å². The van der Waals surface area contributed by atoms with Gasteiger partial charge in [-0.15, -0.1) is 0 Å². The molecule has 0 spiro atoms. The highest BCUT2D eigenvalue weighted by Gasteiger charge is 2.27. The average molecular weight is 447 g/mol. The molecule has 0 radical (unpaired) electrons. The SMILES string of the molecule is CC(C)Oc1ccc(S(=O)(=O)N2CCCCC2)cc1NC(=O)/C=C/c1ccc(F)cc1. The number of carbonyl (C=O) groups is 1. The molecule has 0 aromatic heterocycles. The van der Waals surface area contributed by atoms with Crippen LogP contribution in [0.5, 0.6) is 5.75 Å². The Morgan fingerprint density at radius 1 is 1.10 bits per heavy atom. The van der Waals surface area contributed by atoms with E-state index in [2.05, 4.69) is 5.32 Å². The van der Waals surface area contributed by atoms with Crippen LogP contribution in [0.3, 0.4) is 0 Å². The quantitative estimate of drug-likeness (QED) is 0.638. The molecular weight excluding hydrogens is 419 g/mol. The van der Waals surface area contributed by atoms with Crippen LogP contribution in [0.15, 0.2) is 53.4 Å². The summed E-state index contributed by atoms with van der Waals surface area (Å²) in [6.45, 7) is 4.68. The van der Waals surface area contributed by atoms with E-state index in [0.29, 0.717) is 24.4 Å². The van der Waals surface area contributed by atoms with Gasteiger partial charge in [0, 0.05) is 19.2 Å². The van der Waals surface area contributed by atoms with E-state index in [4.69, 9.17) is 4.74 Å². The molecule has 6 nitrogen and oxygen atoms in total. The van der Waals surface area contributed by atoms with Gasteiger partial charge in [0.1, 0.15) is 11.6 Å². The van der Waals surface area contributed by atoms with Gasteiger partial charge < -0.3 is 10.1 Å². The van der Waals surface area contributed by atoms with Crippen molar-refractivity contribution in [1.82, 2.24) is 4.31 Å². The van der Waals surface area contributed by atoms with Gasteiger partial charge in [0.15, 0.2) is 0 Å². The van der Waals surface area contributed by atoms with Crippen molar-refractivity contribution in [2.24, 2.45) is 0 Å². The zero-order chi connectivity index (χ0) is 22.4. The topological polar surface area (TPSA) is 75.7 Å². The summed E-state index contributed by atoms with van der Waals surface area (Å²) in [7, 11) is -3.65. The highest BCUT2D eigenvalue weighted by atomic mass is 32.2. The number of halogens is 1. The largest absolute Gasteiger partial charge is 0.489 e. The van der Waals surface area contributed by atoms with Crippen molar-refractivity contribution >= 4 is 27.7 Å². The molecule has 8 heteroatoms. The lowest BCUT2D eigenvalue weighted by molar-refractivity contribution is -0.111. The molecule has 1 heterocycles. The molecule has 0 aliphatic carbocycles. The van der Waals surface area contributed by atoms with Gasteiger partial charge in [-0.2, -0.15) is 4.31 Å². The maximum Gasteiger partial charge on any atom is 0.248 e. The van der Waals surface area contributed by atoms with Crippen molar-refractivity contribution in [3.05, 3.63) is 59.9 Å². The zero-order valence-corrected chi connectivity index (χ0v) is 18.5. The Kier molecular flexibility index (Phi) is 7.46. The highest BCUT2D eigenvalue weighted by molar-refractivity contribution is 7.89. The number of rotatable bonds is 7. The standard InChI is InChI=1S/C23H27FN2O4S/c1-17(2)30-22-12-11-20(31(28,29)26-14-4-3-5-15-26)16-21(22)25-23(27)13-8-18-6-9-19(24)10-7-18/h6-13,16-17H,3-5,14-15H2,1-2H3,(H,25,27)/b13-8+. The molecular formula is C23H27FN2O4S. The molecule has 31 heavy (non-hydrogen) atoms. The molecule has 1 aliphatic heterocycles. The Hall–Kier alpha value is -2.71. The number of piperidine rings is 1. The summed E-state index contributed by atoms with van der Waals surface area (Å²) in [6, 6.07) is 10.2. The summed E-state index contributed by atoms with van der Waals surface area (Å²) in [5.74, 6) is -0.426. The van der Waals surface area contributed by atoms with Crippen molar-refractivity contribution in [2.75, 3.05) is 18.4 Å². The summed E-state index contributed by atoms with van der Waals surface area (Å²) in [5, 5.41) is 2.71. The number of amides is 1. The van der Waals surface area contributed by atoms with Crippen LogP contribution in [0.2, 0.25) is 0 Å². The minimum atomic E-state index is -3.65. The van der Waals surface area contributed by atoms with Crippen LogP contribution in [0.1, 0.15) is 38.7 Å². The molecule has 2 aromatic carbocycles. The predicted molar refractivity (Wildman–Crippen MR) is 119 cm³/mol. The van der Waals surface area contributed by atoms with Gasteiger partial charge in [0.25, 0.3) is 0 Å². The van der Waals surface area contributed by atoms with E-state index in [-0.39, 0.29) is 22.5 Å². The highest BCUT2D eigenvalue weighted by Crippen LogP contribution is 2.31. The van der Waals surface area contributed by atoms with Crippen LogP contribution in [0.25, 0.3) is 6.08 Å². The van der Waals surface area contributed by atoms with Crippen LogP contribution in [0, 0.1) is 5.82 Å². The second kappa shape index (κ2) is 10.1. The van der Waals surface area contributed by atoms with Crippen LogP contribution < -0.4 is 10.1 Å². The van der Waals surface area contributed by atoms with Gasteiger partial charge in [-0.1, -0.05) is 18.6 Å². The molecule has 0 unspecified atom stereocenters.